The number of nitrogens with one attached hydrogen (secondary N) is 1. The minimum atomic E-state index is -0.0918. The molecular formula is C10H19NO2. The number of aliphatic hydroxyl groups is 1. The van der Waals surface area contributed by atoms with Crippen molar-refractivity contribution in [3.05, 3.63) is 0 Å². The standard InChI is InChI=1S/C10H19NO2/c1-8(12)6-7-11-9-2-4-10(13)5-3-9/h9-11,13H,2-7H2,1H3. The van der Waals surface area contributed by atoms with Gasteiger partial charge in [-0.25, -0.2) is 0 Å². The Kier molecular flexibility index (Phi) is 4.39. The molecule has 1 saturated carbocycles. The molecule has 0 aromatic heterocycles. The van der Waals surface area contributed by atoms with Gasteiger partial charge in [-0.05, 0) is 32.6 Å². The molecule has 2 N–H and O–H groups in total. The van der Waals surface area contributed by atoms with Gasteiger partial charge in [0.1, 0.15) is 5.78 Å². The van der Waals surface area contributed by atoms with Crippen LogP contribution in [0.4, 0.5) is 0 Å². The lowest BCUT2D eigenvalue weighted by Gasteiger charge is -2.26. The van der Waals surface area contributed by atoms with Gasteiger partial charge in [-0.15, -0.1) is 0 Å². The van der Waals surface area contributed by atoms with E-state index in [4.69, 9.17) is 0 Å². The Hall–Kier alpha value is -0.410. The molecule has 0 atom stereocenters. The fourth-order valence-corrected chi connectivity index (χ4v) is 1.73. The van der Waals surface area contributed by atoms with Gasteiger partial charge in [0.15, 0.2) is 0 Å². The van der Waals surface area contributed by atoms with Crippen LogP contribution in [0.2, 0.25) is 0 Å². The average Bonchev–Trinajstić information content (AvgIpc) is 2.08. The van der Waals surface area contributed by atoms with Crippen molar-refractivity contribution in [2.45, 2.75) is 51.2 Å². The van der Waals surface area contributed by atoms with Crippen molar-refractivity contribution in [2.75, 3.05) is 6.54 Å². The van der Waals surface area contributed by atoms with Gasteiger partial charge in [-0.3, -0.25) is 4.79 Å². The molecule has 1 fully saturated rings. The number of aliphatic hydroxyl groups excluding tert-OH is 1. The molecule has 0 aromatic rings. The lowest BCUT2D eigenvalue weighted by atomic mass is 9.93. The molecule has 3 nitrogen and oxygen atoms in total. The molecule has 0 heterocycles. The smallest absolute Gasteiger partial charge is 0.131 e. The predicted molar refractivity (Wildman–Crippen MR) is 51.6 cm³/mol. The molecule has 0 amide bonds. The molecule has 1 rings (SSSR count). The van der Waals surface area contributed by atoms with Gasteiger partial charge in [-0.2, -0.15) is 0 Å². The zero-order valence-electron chi connectivity index (χ0n) is 8.25. The SMILES string of the molecule is CC(=O)CCNC1CCC(O)CC1. The number of carbonyl (C=O) groups excluding carboxylic acids is 1. The van der Waals surface area contributed by atoms with Crippen molar-refractivity contribution in [3.8, 4) is 0 Å². The number of rotatable bonds is 4. The normalized spacial score (nSPS) is 28.8. The fraction of sp³-hybridized carbons (Fsp3) is 0.900. The molecule has 1 aliphatic rings. The van der Waals surface area contributed by atoms with Gasteiger partial charge in [0.05, 0.1) is 6.10 Å². The lowest BCUT2D eigenvalue weighted by molar-refractivity contribution is -0.116. The molecule has 0 bridgehead atoms. The summed E-state index contributed by atoms with van der Waals surface area (Å²) in [5.41, 5.74) is 0. The average molecular weight is 185 g/mol. The molecule has 0 radical (unpaired) electrons. The van der Waals surface area contributed by atoms with Crippen LogP contribution in [0, 0.1) is 0 Å². The van der Waals surface area contributed by atoms with E-state index in [1.807, 2.05) is 0 Å². The van der Waals surface area contributed by atoms with Crippen molar-refractivity contribution in [2.24, 2.45) is 0 Å². The van der Waals surface area contributed by atoms with E-state index in [1.165, 1.54) is 0 Å². The largest absolute Gasteiger partial charge is 0.393 e. The third-order valence-corrected chi connectivity index (χ3v) is 2.61. The molecule has 0 aliphatic heterocycles. The van der Waals surface area contributed by atoms with E-state index in [9.17, 15) is 9.90 Å². The molecular weight excluding hydrogens is 166 g/mol. The number of ketones is 1. The maximum atomic E-state index is 10.7. The van der Waals surface area contributed by atoms with Crippen molar-refractivity contribution in [1.29, 1.82) is 0 Å². The highest BCUT2D eigenvalue weighted by atomic mass is 16.3. The Morgan fingerprint density at radius 2 is 2.00 bits per heavy atom. The summed E-state index contributed by atoms with van der Waals surface area (Å²) in [5, 5.41) is 12.6. The number of Topliss-reactive ketones (excluding diaryl/α,β-unsaturated/α-hetero) is 1. The minimum Gasteiger partial charge on any atom is -0.393 e. The summed E-state index contributed by atoms with van der Waals surface area (Å²) in [5.74, 6) is 0.239. The van der Waals surface area contributed by atoms with Crippen molar-refractivity contribution in [3.63, 3.8) is 0 Å². The van der Waals surface area contributed by atoms with Crippen LogP contribution in [0.25, 0.3) is 0 Å². The molecule has 0 aromatic carbocycles. The highest BCUT2D eigenvalue weighted by Gasteiger charge is 2.18. The summed E-state index contributed by atoms with van der Waals surface area (Å²) >= 11 is 0. The number of hydrogen-bond acceptors (Lipinski definition) is 3. The summed E-state index contributed by atoms with van der Waals surface area (Å²) in [6.07, 6.45) is 4.41. The van der Waals surface area contributed by atoms with Gasteiger partial charge in [0, 0.05) is 19.0 Å². The second kappa shape index (κ2) is 5.35. The Bertz CT molecular complexity index is 162. The van der Waals surface area contributed by atoms with Crippen LogP contribution in [0.5, 0.6) is 0 Å². The highest BCUT2D eigenvalue weighted by Crippen LogP contribution is 2.17. The van der Waals surface area contributed by atoms with Gasteiger partial charge in [0.2, 0.25) is 0 Å². The van der Waals surface area contributed by atoms with Crippen LogP contribution in [-0.4, -0.2) is 29.6 Å². The van der Waals surface area contributed by atoms with Gasteiger partial charge in [-0.1, -0.05) is 0 Å². The molecule has 76 valence electrons. The molecule has 0 unspecified atom stereocenters. The Morgan fingerprint density at radius 1 is 1.38 bits per heavy atom. The minimum absolute atomic E-state index is 0.0918. The van der Waals surface area contributed by atoms with Crippen LogP contribution in [-0.2, 0) is 4.79 Å². The highest BCUT2D eigenvalue weighted by molar-refractivity contribution is 5.75. The zero-order chi connectivity index (χ0) is 9.68. The molecule has 1 aliphatic carbocycles. The van der Waals surface area contributed by atoms with E-state index < -0.39 is 0 Å². The van der Waals surface area contributed by atoms with E-state index >= 15 is 0 Å². The van der Waals surface area contributed by atoms with Crippen LogP contribution >= 0.6 is 0 Å². The third-order valence-electron chi connectivity index (χ3n) is 2.61. The first kappa shape index (κ1) is 10.7. The summed E-state index contributed by atoms with van der Waals surface area (Å²) in [4.78, 5) is 10.7. The van der Waals surface area contributed by atoms with Crippen molar-refractivity contribution in [1.82, 2.24) is 5.32 Å². The first-order valence-electron chi connectivity index (χ1n) is 5.09. The van der Waals surface area contributed by atoms with Gasteiger partial charge in [0.25, 0.3) is 0 Å². The molecule has 0 spiro atoms. The van der Waals surface area contributed by atoms with E-state index in [1.54, 1.807) is 6.92 Å². The molecule has 0 saturated heterocycles. The summed E-state index contributed by atoms with van der Waals surface area (Å²) in [6, 6.07) is 0.516. The first-order valence-corrected chi connectivity index (χ1v) is 5.09. The summed E-state index contributed by atoms with van der Waals surface area (Å²) in [7, 11) is 0. The van der Waals surface area contributed by atoms with E-state index in [2.05, 4.69) is 5.32 Å². The summed E-state index contributed by atoms with van der Waals surface area (Å²) in [6.45, 7) is 2.41. The number of hydrogen-bond donors (Lipinski definition) is 2. The fourth-order valence-electron chi connectivity index (χ4n) is 1.73. The third kappa shape index (κ3) is 4.39. The Labute approximate surface area is 79.5 Å². The Balaban J connectivity index is 2.05. The maximum absolute atomic E-state index is 10.7. The predicted octanol–water partition coefficient (Wildman–Crippen LogP) is 0.859. The monoisotopic (exact) mass is 185 g/mol. The van der Waals surface area contributed by atoms with E-state index in [0.717, 1.165) is 32.2 Å². The number of carbonyl (C=O) groups is 1. The van der Waals surface area contributed by atoms with Crippen LogP contribution < -0.4 is 5.32 Å². The van der Waals surface area contributed by atoms with Crippen molar-refractivity contribution >= 4 is 5.78 Å². The van der Waals surface area contributed by atoms with Crippen LogP contribution in [0.3, 0.4) is 0 Å². The lowest BCUT2D eigenvalue weighted by Crippen LogP contribution is -2.35. The van der Waals surface area contributed by atoms with Crippen LogP contribution in [0.15, 0.2) is 0 Å². The maximum Gasteiger partial charge on any atom is 0.131 e. The summed E-state index contributed by atoms with van der Waals surface area (Å²) < 4.78 is 0. The topological polar surface area (TPSA) is 49.3 Å². The molecule has 3 heteroatoms. The van der Waals surface area contributed by atoms with E-state index in [0.29, 0.717) is 12.5 Å². The first-order chi connectivity index (χ1) is 6.18. The van der Waals surface area contributed by atoms with Gasteiger partial charge >= 0.3 is 0 Å². The van der Waals surface area contributed by atoms with Crippen LogP contribution in [0.1, 0.15) is 39.0 Å². The second-order valence-corrected chi connectivity index (χ2v) is 3.91. The van der Waals surface area contributed by atoms with Crippen molar-refractivity contribution < 1.29 is 9.90 Å². The quantitative estimate of drug-likeness (QED) is 0.683. The molecule has 13 heavy (non-hydrogen) atoms. The van der Waals surface area contributed by atoms with Gasteiger partial charge < -0.3 is 10.4 Å². The second-order valence-electron chi connectivity index (χ2n) is 3.91. The zero-order valence-corrected chi connectivity index (χ0v) is 8.25. The van der Waals surface area contributed by atoms with E-state index in [-0.39, 0.29) is 11.9 Å². The Morgan fingerprint density at radius 3 is 2.54 bits per heavy atom.